The molecule has 1 aromatic heterocycles. The Kier molecular flexibility index (Phi) is 4.07. The second-order valence-electron chi connectivity index (χ2n) is 4.12. The third-order valence-corrected chi connectivity index (χ3v) is 3.28. The Labute approximate surface area is 100 Å². The van der Waals surface area contributed by atoms with Gasteiger partial charge in [-0.25, -0.2) is 4.68 Å². The molecule has 0 spiro atoms. The molecule has 1 aromatic rings. The molecule has 0 atom stereocenters. The number of aromatic nitrogens is 2. The van der Waals surface area contributed by atoms with Crippen molar-refractivity contribution in [1.82, 2.24) is 9.78 Å². The average molecular weight is 245 g/mol. The number of hydrogen-bond donors (Lipinski definition) is 1. The first-order chi connectivity index (χ1) is 7.81. The van der Waals surface area contributed by atoms with Crippen molar-refractivity contribution < 1.29 is 9.84 Å². The van der Waals surface area contributed by atoms with E-state index in [0.717, 1.165) is 12.8 Å². The van der Waals surface area contributed by atoms with Crippen molar-refractivity contribution >= 4 is 11.6 Å². The summed E-state index contributed by atoms with van der Waals surface area (Å²) < 4.78 is 7.37. The van der Waals surface area contributed by atoms with Crippen LogP contribution in [0.4, 0.5) is 0 Å². The molecular formula is C11H17ClN2O2. The highest BCUT2D eigenvalue weighted by Gasteiger charge is 2.18. The van der Waals surface area contributed by atoms with E-state index in [9.17, 15) is 0 Å². The summed E-state index contributed by atoms with van der Waals surface area (Å²) in [4.78, 5) is 0. The Morgan fingerprint density at radius 1 is 1.44 bits per heavy atom. The number of halogens is 1. The van der Waals surface area contributed by atoms with Gasteiger partial charge in [0.1, 0.15) is 0 Å². The highest BCUT2D eigenvalue weighted by atomic mass is 35.5. The molecule has 0 saturated heterocycles. The van der Waals surface area contributed by atoms with Gasteiger partial charge < -0.3 is 9.84 Å². The Bertz CT molecular complexity index is 335. The molecule has 90 valence electrons. The molecule has 2 rings (SSSR count). The molecule has 1 aliphatic rings. The van der Waals surface area contributed by atoms with Crippen molar-refractivity contribution in [2.45, 2.75) is 44.8 Å². The summed E-state index contributed by atoms with van der Waals surface area (Å²) in [5.41, 5.74) is 0. The minimum absolute atomic E-state index is 0.0320. The maximum atomic E-state index is 8.81. The number of nitrogens with zero attached hydrogens (tertiary/aromatic N) is 2. The second kappa shape index (κ2) is 5.55. The van der Waals surface area contributed by atoms with Gasteiger partial charge in [-0.05, 0) is 25.7 Å². The van der Waals surface area contributed by atoms with Crippen molar-refractivity contribution in [2.75, 3.05) is 6.61 Å². The van der Waals surface area contributed by atoms with Crippen LogP contribution in [-0.4, -0.2) is 27.6 Å². The van der Waals surface area contributed by atoms with Crippen LogP contribution in [0.2, 0.25) is 5.15 Å². The molecule has 1 aliphatic carbocycles. The predicted octanol–water partition coefficient (Wildman–Crippen LogP) is 2.24. The third-order valence-electron chi connectivity index (χ3n) is 2.90. The van der Waals surface area contributed by atoms with Crippen LogP contribution in [0.25, 0.3) is 0 Å². The van der Waals surface area contributed by atoms with Crippen LogP contribution < -0.4 is 4.74 Å². The second-order valence-corrected chi connectivity index (χ2v) is 4.48. The van der Waals surface area contributed by atoms with Gasteiger partial charge in [-0.15, -0.1) is 0 Å². The van der Waals surface area contributed by atoms with E-state index in [1.165, 1.54) is 19.3 Å². The van der Waals surface area contributed by atoms with Crippen molar-refractivity contribution in [2.24, 2.45) is 0 Å². The van der Waals surface area contributed by atoms with E-state index < -0.39 is 0 Å². The molecular weight excluding hydrogens is 228 g/mol. The van der Waals surface area contributed by atoms with E-state index in [1.807, 2.05) is 0 Å². The summed E-state index contributed by atoms with van der Waals surface area (Å²) in [7, 11) is 0. The highest BCUT2D eigenvalue weighted by molar-refractivity contribution is 6.31. The van der Waals surface area contributed by atoms with Crippen LogP contribution in [0.3, 0.4) is 0 Å². The van der Waals surface area contributed by atoms with Gasteiger partial charge in [0.2, 0.25) is 0 Å². The Morgan fingerprint density at radius 3 is 2.88 bits per heavy atom. The number of hydrogen-bond acceptors (Lipinski definition) is 3. The van der Waals surface area contributed by atoms with E-state index in [1.54, 1.807) is 10.9 Å². The van der Waals surface area contributed by atoms with E-state index in [2.05, 4.69) is 5.10 Å². The molecule has 0 radical (unpaired) electrons. The van der Waals surface area contributed by atoms with Crippen molar-refractivity contribution in [3.8, 4) is 5.75 Å². The van der Waals surface area contributed by atoms with Gasteiger partial charge in [-0.3, -0.25) is 0 Å². The van der Waals surface area contributed by atoms with Crippen LogP contribution in [0.15, 0.2) is 6.20 Å². The van der Waals surface area contributed by atoms with Gasteiger partial charge in [0, 0.05) is 0 Å². The minimum Gasteiger partial charge on any atom is -0.486 e. The van der Waals surface area contributed by atoms with Crippen LogP contribution in [0.5, 0.6) is 5.75 Å². The Balaban J connectivity index is 1.97. The summed E-state index contributed by atoms with van der Waals surface area (Å²) in [5, 5.41) is 13.4. The topological polar surface area (TPSA) is 47.3 Å². The lowest BCUT2D eigenvalue weighted by Crippen LogP contribution is -2.19. The van der Waals surface area contributed by atoms with Crippen molar-refractivity contribution in [3.63, 3.8) is 0 Å². The fourth-order valence-electron chi connectivity index (χ4n) is 2.05. The molecule has 0 bridgehead atoms. The maximum absolute atomic E-state index is 8.81. The summed E-state index contributed by atoms with van der Waals surface area (Å²) in [6.07, 6.45) is 7.87. The van der Waals surface area contributed by atoms with E-state index >= 15 is 0 Å². The lowest BCUT2D eigenvalue weighted by Gasteiger charge is -2.22. The predicted molar refractivity (Wildman–Crippen MR) is 61.8 cm³/mol. The smallest absolute Gasteiger partial charge is 0.176 e. The molecule has 0 aliphatic heterocycles. The SMILES string of the molecule is OCCn1ncc(OC2CCCCC2)c1Cl. The summed E-state index contributed by atoms with van der Waals surface area (Å²) in [5.74, 6) is 0.641. The summed E-state index contributed by atoms with van der Waals surface area (Å²) in [6.45, 7) is 0.442. The Hall–Kier alpha value is -0.740. The summed E-state index contributed by atoms with van der Waals surface area (Å²) >= 11 is 6.09. The van der Waals surface area contributed by atoms with E-state index in [4.69, 9.17) is 21.4 Å². The van der Waals surface area contributed by atoms with Crippen LogP contribution in [0, 0.1) is 0 Å². The maximum Gasteiger partial charge on any atom is 0.176 e. The molecule has 0 amide bonds. The molecule has 1 N–H and O–H groups in total. The first kappa shape index (κ1) is 11.7. The lowest BCUT2D eigenvalue weighted by molar-refractivity contribution is 0.155. The van der Waals surface area contributed by atoms with Crippen molar-refractivity contribution in [3.05, 3.63) is 11.3 Å². The molecule has 4 nitrogen and oxygen atoms in total. The van der Waals surface area contributed by atoms with Gasteiger partial charge in [0.05, 0.1) is 25.5 Å². The van der Waals surface area contributed by atoms with Crippen LogP contribution >= 0.6 is 11.6 Å². The molecule has 16 heavy (non-hydrogen) atoms. The molecule has 1 fully saturated rings. The average Bonchev–Trinajstić information content (AvgIpc) is 2.64. The monoisotopic (exact) mass is 244 g/mol. The standard InChI is InChI=1S/C11H17ClN2O2/c12-11-10(8-13-14(11)6-7-15)16-9-4-2-1-3-5-9/h8-9,15H,1-7H2. The van der Waals surface area contributed by atoms with Crippen LogP contribution in [0.1, 0.15) is 32.1 Å². The molecule has 1 heterocycles. The van der Waals surface area contributed by atoms with Gasteiger partial charge in [-0.2, -0.15) is 5.10 Å². The van der Waals surface area contributed by atoms with Gasteiger partial charge >= 0.3 is 0 Å². The van der Waals surface area contributed by atoms with Gasteiger partial charge in [-0.1, -0.05) is 18.0 Å². The van der Waals surface area contributed by atoms with Crippen LogP contribution in [-0.2, 0) is 6.54 Å². The lowest BCUT2D eigenvalue weighted by atomic mass is 9.98. The largest absolute Gasteiger partial charge is 0.486 e. The van der Waals surface area contributed by atoms with E-state index in [0.29, 0.717) is 17.4 Å². The first-order valence-corrected chi connectivity index (χ1v) is 6.18. The Morgan fingerprint density at radius 2 is 2.19 bits per heavy atom. The first-order valence-electron chi connectivity index (χ1n) is 5.80. The van der Waals surface area contributed by atoms with E-state index in [-0.39, 0.29) is 12.7 Å². The normalized spacial score (nSPS) is 17.6. The molecule has 0 unspecified atom stereocenters. The fraction of sp³-hybridized carbons (Fsp3) is 0.727. The number of aliphatic hydroxyl groups excluding tert-OH is 1. The zero-order valence-corrected chi connectivity index (χ0v) is 9.99. The van der Waals surface area contributed by atoms with Gasteiger partial charge in [0.15, 0.2) is 10.9 Å². The molecule has 1 saturated carbocycles. The minimum atomic E-state index is 0.0320. The van der Waals surface area contributed by atoms with Crippen molar-refractivity contribution in [1.29, 1.82) is 0 Å². The summed E-state index contributed by atoms with van der Waals surface area (Å²) in [6, 6.07) is 0. The quantitative estimate of drug-likeness (QED) is 0.884. The highest BCUT2D eigenvalue weighted by Crippen LogP contribution is 2.28. The number of aliphatic hydroxyl groups is 1. The molecule has 0 aromatic carbocycles. The molecule has 5 heteroatoms. The van der Waals surface area contributed by atoms with Gasteiger partial charge in [0.25, 0.3) is 0 Å². The zero-order valence-electron chi connectivity index (χ0n) is 9.23. The zero-order chi connectivity index (χ0) is 11.4. The fourth-order valence-corrected chi connectivity index (χ4v) is 2.27. The number of rotatable bonds is 4. The third kappa shape index (κ3) is 2.68. The number of ether oxygens (including phenoxy) is 1.